The maximum Gasteiger partial charge on any atom is 0.245 e. The van der Waals surface area contributed by atoms with Gasteiger partial charge >= 0.3 is 0 Å². The van der Waals surface area contributed by atoms with Crippen molar-refractivity contribution < 1.29 is 17.3 Å². The van der Waals surface area contributed by atoms with Crippen molar-refractivity contribution in [3.8, 4) is 11.6 Å². The molecule has 2 aromatic heterocycles. The lowest BCUT2D eigenvalue weighted by Gasteiger charge is -2.17. The summed E-state index contributed by atoms with van der Waals surface area (Å²) in [6, 6.07) is 5.00. The Morgan fingerprint density at radius 2 is 2.07 bits per heavy atom. The van der Waals surface area contributed by atoms with E-state index in [9.17, 15) is 12.8 Å². The smallest absolute Gasteiger partial charge is 0.245 e. The summed E-state index contributed by atoms with van der Waals surface area (Å²) < 4.78 is 46.7. The molecule has 0 spiro atoms. The summed E-state index contributed by atoms with van der Waals surface area (Å²) in [6.45, 7) is 3.87. The molecule has 0 amide bonds. The second-order valence-electron chi connectivity index (χ2n) is 6.44. The van der Waals surface area contributed by atoms with Gasteiger partial charge in [0, 0.05) is 5.56 Å². The summed E-state index contributed by atoms with van der Waals surface area (Å²) in [6.07, 6.45) is 1.72. The highest BCUT2D eigenvalue weighted by atomic mass is 32.2. The molecule has 0 saturated carbocycles. The molecule has 0 aliphatic rings. The summed E-state index contributed by atoms with van der Waals surface area (Å²) in [5.41, 5.74) is 0.0844. The Labute approximate surface area is 155 Å². The molecule has 1 unspecified atom stereocenters. The highest BCUT2D eigenvalue weighted by Crippen LogP contribution is 2.23. The third kappa shape index (κ3) is 4.95. The van der Waals surface area contributed by atoms with Crippen LogP contribution in [-0.4, -0.2) is 33.7 Å². The molecular weight excluding hydrogens is 375 g/mol. The van der Waals surface area contributed by atoms with Gasteiger partial charge in [0.1, 0.15) is 18.2 Å². The second kappa shape index (κ2) is 7.92. The van der Waals surface area contributed by atoms with E-state index in [-0.39, 0.29) is 23.2 Å². The number of rotatable bonds is 8. The molecule has 0 aliphatic heterocycles. The van der Waals surface area contributed by atoms with E-state index in [0.717, 1.165) is 0 Å². The van der Waals surface area contributed by atoms with Gasteiger partial charge in [-0.05, 0) is 18.4 Å². The zero-order valence-electron chi connectivity index (χ0n) is 14.8. The quantitative estimate of drug-likeness (QED) is 0.599. The number of nitrogens with zero attached hydrogens (tertiary/aromatic N) is 4. The van der Waals surface area contributed by atoms with Crippen LogP contribution < -0.4 is 4.72 Å². The molecule has 0 bridgehead atoms. The Bertz CT molecular complexity index is 987. The second-order valence-corrected chi connectivity index (χ2v) is 8.19. The van der Waals surface area contributed by atoms with Gasteiger partial charge in [-0.15, -0.1) is 0 Å². The fraction of sp³-hybridized carbons (Fsp3) is 0.375. The number of hydrogen-bond donors (Lipinski definition) is 2. The molecule has 0 aliphatic carbocycles. The molecule has 11 heteroatoms. The van der Waals surface area contributed by atoms with Crippen LogP contribution in [0.5, 0.6) is 0 Å². The van der Waals surface area contributed by atoms with Crippen LogP contribution >= 0.6 is 0 Å². The molecule has 3 aromatic rings. The monoisotopic (exact) mass is 394 g/mol. The number of sulfonamides is 1. The maximum atomic E-state index is 13.8. The molecular formula is C16H19FN6O3S. The number of H-pyrrole nitrogens is 1. The third-order valence-corrected chi connectivity index (χ3v) is 5.03. The van der Waals surface area contributed by atoms with Gasteiger partial charge in [0.2, 0.25) is 21.7 Å². The summed E-state index contributed by atoms with van der Waals surface area (Å²) in [5.74, 6) is -0.336. The molecule has 0 fully saturated rings. The van der Waals surface area contributed by atoms with Crippen molar-refractivity contribution in [2.24, 2.45) is 5.92 Å². The first-order valence-electron chi connectivity index (χ1n) is 8.27. The lowest BCUT2D eigenvalue weighted by atomic mass is 10.0. The molecule has 0 saturated heterocycles. The Morgan fingerprint density at radius 1 is 1.30 bits per heavy atom. The number of benzene rings is 1. The van der Waals surface area contributed by atoms with Crippen molar-refractivity contribution in [2.45, 2.75) is 32.1 Å². The van der Waals surface area contributed by atoms with E-state index in [4.69, 9.17) is 4.52 Å². The van der Waals surface area contributed by atoms with Gasteiger partial charge in [-0.25, -0.2) is 22.5 Å². The number of aromatic nitrogens is 5. The van der Waals surface area contributed by atoms with Crippen molar-refractivity contribution in [2.75, 3.05) is 0 Å². The van der Waals surface area contributed by atoms with E-state index in [0.29, 0.717) is 12.2 Å². The average Bonchev–Trinajstić information content (AvgIpc) is 3.26. The summed E-state index contributed by atoms with van der Waals surface area (Å²) in [7, 11) is -3.85. The number of nitrogens with one attached hydrogen (secondary N) is 2. The standard InChI is InChI=1S/C16H19FN6O3S/c1-10(2)7-13(16-20-15(22-26-16)14-18-9-19-21-14)23-27(24,25)8-11-5-3-4-6-12(11)17/h3-6,9-10,13,23H,7-8H2,1-2H3,(H,18,19,21). The predicted octanol–water partition coefficient (Wildman–Crippen LogP) is 2.20. The fourth-order valence-corrected chi connectivity index (χ4v) is 3.89. The first kappa shape index (κ1) is 19.1. The molecule has 9 nitrogen and oxygen atoms in total. The number of aromatic amines is 1. The van der Waals surface area contributed by atoms with Crippen LogP contribution in [0, 0.1) is 11.7 Å². The van der Waals surface area contributed by atoms with Gasteiger partial charge < -0.3 is 4.52 Å². The van der Waals surface area contributed by atoms with Gasteiger partial charge in [0.25, 0.3) is 0 Å². The zero-order chi connectivity index (χ0) is 19.4. The van der Waals surface area contributed by atoms with Crippen molar-refractivity contribution in [3.05, 3.63) is 47.9 Å². The van der Waals surface area contributed by atoms with E-state index in [1.807, 2.05) is 13.8 Å². The van der Waals surface area contributed by atoms with E-state index in [1.165, 1.54) is 24.5 Å². The lowest BCUT2D eigenvalue weighted by molar-refractivity contribution is 0.323. The average molecular weight is 394 g/mol. The highest BCUT2D eigenvalue weighted by Gasteiger charge is 2.27. The zero-order valence-corrected chi connectivity index (χ0v) is 15.6. The summed E-state index contributed by atoms with van der Waals surface area (Å²) >= 11 is 0. The highest BCUT2D eigenvalue weighted by molar-refractivity contribution is 7.88. The molecule has 27 heavy (non-hydrogen) atoms. The van der Waals surface area contributed by atoms with E-state index in [2.05, 4.69) is 30.0 Å². The topological polar surface area (TPSA) is 127 Å². The van der Waals surface area contributed by atoms with Crippen molar-refractivity contribution in [3.63, 3.8) is 0 Å². The normalized spacial score (nSPS) is 13.2. The van der Waals surface area contributed by atoms with Crippen LogP contribution in [0.25, 0.3) is 11.6 Å². The minimum absolute atomic E-state index is 0.0844. The molecule has 0 radical (unpaired) electrons. The molecule has 2 N–H and O–H groups in total. The maximum absolute atomic E-state index is 13.8. The van der Waals surface area contributed by atoms with Crippen LogP contribution in [0.1, 0.15) is 37.8 Å². The minimum Gasteiger partial charge on any atom is -0.337 e. The summed E-state index contributed by atoms with van der Waals surface area (Å²) in [4.78, 5) is 8.13. The Kier molecular flexibility index (Phi) is 5.61. The largest absolute Gasteiger partial charge is 0.337 e. The van der Waals surface area contributed by atoms with Gasteiger partial charge in [-0.1, -0.05) is 37.2 Å². The van der Waals surface area contributed by atoms with Crippen LogP contribution in [0.3, 0.4) is 0 Å². The molecule has 144 valence electrons. The first-order chi connectivity index (χ1) is 12.8. The van der Waals surface area contributed by atoms with E-state index >= 15 is 0 Å². The van der Waals surface area contributed by atoms with Crippen molar-refractivity contribution >= 4 is 10.0 Å². The van der Waals surface area contributed by atoms with E-state index in [1.54, 1.807) is 6.07 Å². The minimum atomic E-state index is -3.85. The number of hydrogen-bond acceptors (Lipinski definition) is 7. The fourth-order valence-electron chi connectivity index (χ4n) is 2.54. The van der Waals surface area contributed by atoms with Gasteiger partial charge in [-0.2, -0.15) is 10.1 Å². The molecule has 2 heterocycles. The molecule has 1 aromatic carbocycles. The van der Waals surface area contributed by atoms with Crippen molar-refractivity contribution in [1.82, 2.24) is 30.0 Å². The van der Waals surface area contributed by atoms with Crippen LogP contribution in [-0.2, 0) is 15.8 Å². The number of halogens is 1. The Hall–Kier alpha value is -2.66. The first-order valence-corrected chi connectivity index (χ1v) is 9.92. The molecule has 1 atom stereocenters. The SMILES string of the molecule is CC(C)CC(NS(=O)(=O)Cc1ccccc1F)c1nc(-c2ncn[nH]2)no1. The Morgan fingerprint density at radius 3 is 2.74 bits per heavy atom. The molecule has 3 rings (SSSR count). The van der Waals surface area contributed by atoms with Crippen molar-refractivity contribution in [1.29, 1.82) is 0 Å². The third-order valence-electron chi connectivity index (χ3n) is 3.70. The Balaban J connectivity index is 1.81. The van der Waals surface area contributed by atoms with Gasteiger partial charge in [0.15, 0.2) is 5.82 Å². The lowest BCUT2D eigenvalue weighted by Crippen LogP contribution is -2.31. The van der Waals surface area contributed by atoms with Gasteiger partial charge in [0.05, 0.1) is 5.75 Å². The summed E-state index contributed by atoms with van der Waals surface area (Å²) in [5, 5.41) is 10.1. The van der Waals surface area contributed by atoms with Crippen LogP contribution in [0.4, 0.5) is 4.39 Å². The van der Waals surface area contributed by atoms with Crippen LogP contribution in [0.15, 0.2) is 35.1 Å². The van der Waals surface area contributed by atoms with Crippen LogP contribution in [0.2, 0.25) is 0 Å². The predicted molar refractivity (Wildman–Crippen MR) is 94.0 cm³/mol. The van der Waals surface area contributed by atoms with E-state index < -0.39 is 27.6 Å². The van der Waals surface area contributed by atoms with Gasteiger partial charge in [-0.3, -0.25) is 5.10 Å².